The standard InChI is InChI=1S/C13H19BrClNO/c1-9(2)12(15)8-16-7-10-4-5-13(17-3)11(14)6-10/h4-6,9,12,16H,7-8H2,1-3H3. The molecule has 2 nitrogen and oxygen atoms in total. The molecule has 0 heterocycles. The Morgan fingerprint density at radius 1 is 1.41 bits per heavy atom. The van der Waals surface area contributed by atoms with E-state index < -0.39 is 0 Å². The van der Waals surface area contributed by atoms with E-state index in [-0.39, 0.29) is 5.38 Å². The largest absolute Gasteiger partial charge is 0.496 e. The molecule has 1 aromatic carbocycles. The minimum absolute atomic E-state index is 0.177. The van der Waals surface area contributed by atoms with Crippen molar-refractivity contribution < 1.29 is 4.74 Å². The first-order chi connectivity index (χ1) is 8.04. The van der Waals surface area contributed by atoms with E-state index in [1.54, 1.807) is 7.11 Å². The predicted octanol–water partition coefficient (Wildman–Crippen LogP) is 3.81. The van der Waals surface area contributed by atoms with Gasteiger partial charge in [0.15, 0.2) is 0 Å². The lowest BCUT2D eigenvalue weighted by molar-refractivity contribution is 0.412. The van der Waals surface area contributed by atoms with Crippen LogP contribution in [0.3, 0.4) is 0 Å². The maximum Gasteiger partial charge on any atom is 0.133 e. The summed E-state index contributed by atoms with van der Waals surface area (Å²) in [5.41, 5.74) is 1.21. The maximum atomic E-state index is 6.17. The highest BCUT2D eigenvalue weighted by atomic mass is 79.9. The van der Waals surface area contributed by atoms with Crippen molar-refractivity contribution in [3.63, 3.8) is 0 Å². The van der Waals surface area contributed by atoms with Crippen LogP contribution in [0.2, 0.25) is 0 Å². The van der Waals surface area contributed by atoms with Crippen molar-refractivity contribution in [3.05, 3.63) is 28.2 Å². The van der Waals surface area contributed by atoms with E-state index >= 15 is 0 Å². The summed E-state index contributed by atoms with van der Waals surface area (Å²) in [6, 6.07) is 6.07. The number of hydrogen-bond donors (Lipinski definition) is 1. The van der Waals surface area contributed by atoms with Crippen LogP contribution in [-0.4, -0.2) is 19.0 Å². The first-order valence-corrected chi connectivity index (χ1v) is 6.94. The number of hydrogen-bond acceptors (Lipinski definition) is 2. The molecule has 0 aliphatic rings. The summed E-state index contributed by atoms with van der Waals surface area (Å²) >= 11 is 9.64. The van der Waals surface area contributed by atoms with Crippen molar-refractivity contribution in [3.8, 4) is 5.75 Å². The quantitative estimate of drug-likeness (QED) is 0.805. The Morgan fingerprint density at radius 2 is 2.12 bits per heavy atom. The predicted molar refractivity (Wildman–Crippen MR) is 76.9 cm³/mol. The second-order valence-corrected chi connectivity index (χ2v) is 5.77. The van der Waals surface area contributed by atoms with E-state index in [0.717, 1.165) is 23.3 Å². The van der Waals surface area contributed by atoms with Crippen molar-refractivity contribution in [2.45, 2.75) is 25.8 Å². The molecule has 0 radical (unpaired) electrons. The van der Waals surface area contributed by atoms with Crippen molar-refractivity contribution in [2.24, 2.45) is 5.92 Å². The number of ether oxygens (including phenoxy) is 1. The summed E-state index contributed by atoms with van der Waals surface area (Å²) in [5, 5.41) is 3.53. The molecule has 1 rings (SSSR count). The van der Waals surface area contributed by atoms with Gasteiger partial charge < -0.3 is 10.1 Å². The Kier molecular flexibility index (Phi) is 6.31. The van der Waals surface area contributed by atoms with Gasteiger partial charge in [0.2, 0.25) is 0 Å². The molecule has 0 bridgehead atoms. The molecule has 1 N–H and O–H groups in total. The van der Waals surface area contributed by atoms with Crippen LogP contribution in [0.5, 0.6) is 5.75 Å². The third kappa shape index (κ3) is 4.86. The van der Waals surface area contributed by atoms with E-state index in [1.807, 2.05) is 6.07 Å². The van der Waals surface area contributed by atoms with Gasteiger partial charge in [0.25, 0.3) is 0 Å². The monoisotopic (exact) mass is 319 g/mol. The molecule has 0 fully saturated rings. The van der Waals surface area contributed by atoms with Gasteiger partial charge in [0.05, 0.1) is 11.6 Å². The lowest BCUT2D eigenvalue weighted by Gasteiger charge is -2.14. The van der Waals surface area contributed by atoms with Crippen molar-refractivity contribution in [1.82, 2.24) is 5.32 Å². The summed E-state index contributed by atoms with van der Waals surface area (Å²) in [6.07, 6.45) is 0. The Balaban J connectivity index is 2.45. The van der Waals surface area contributed by atoms with E-state index in [0.29, 0.717) is 5.92 Å². The zero-order valence-corrected chi connectivity index (χ0v) is 12.8. The summed E-state index contributed by atoms with van der Waals surface area (Å²) in [7, 11) is 1.67. The highest BCUT2D eigenvalue weighted by molar-refractivity contribution is 9.10. The first-order valence-electron chi connectivity index (χ1n) is 5.71. The number of halogens is 2. The van der Waals surface area contributed by atoms with Crippen molar-refractivity contribution >= 4 is 27.5 Å². The molecule has 17 heavy (non-hydrogen) atoms. The third-order valence-corrected chi connectivity index (χ3v) is 3.89. The molecule has 4 heteroatoms. The molecule has 1 atom stereocenters. The van der Waals surface area contributed by atoms with Gasteiger partial charge in [0.1, 0.15) is 5.75 Å². The molecular formula is C13H19BrClNO. The summed E-state index contributed by atoms with van der Waals surface area (Å²) in [4.78, 5) is 0. The average molecular weight is 321 g/mol. The fourth-order valence-electron chi connectivity index (χ4n) is 1.41. The zero-order chi connectivity index (χ0) is 12.8. The van der Waals surface area contributed by atoms with Gasteiger partial charge in [-0.05, 0) is 39.5 Å². The van der Waals surface area contributed by atoms with Crippen LogP contribution in [0.4, 0.5) is 0 Å². The van der Waals surface area contributed by atoms with Crippen LogP contribution in [0, 0.1) is 5.92 Å². The van der Waals surface area contributed by atoms with Crippen molar-refractivity contribution in [2.75, 3.05) is 13.7 Å². The van der Waals surface area contributed by atoms with Crippen LogP contribution in [0.1, 0.15) is 19.4 Å². The topological polar surface area (TPSA) is 21.3 Å². The summed E-state index contributed by atoms with van der Waals surface area (Å²) < 4.78 is 6.16. The number of benzene rings is 1. The molecule has 1 unspecified atom stereocenters. The normalized spacial score (nSPS) is 12.8. The molecular weight excluding hydrogens is 302 g/mol. The smallest absolute Gasteiger partial charge is 0.133 e. The Morgan fingerprint density at radius 3 is 2.65 bits per heavy atom. The highest BCUT2D eigenvalue weighted by Crippen LogP contribution is 2.25. The molecule has 0 amide bonds. The van der Waals surface area contributed by atoms with Crippen LogP contribution in [0.25, 0.3) is 0 Å². The van der Waals surface area contributed by atoms with Gasteiger partial charge in [-0.3, -0.25) is 0 Å². The number of alkyl halides is 1. The number of rotatable bonds is 6. The van der Waals surface area contributed by atoms with Gasteiger partial charge >= 0.3 is 0 Å². The van der Waals surface area contributed by atoms with Gasteiger partial charge in [-0.15, -0.1) is 11.6 Å². The van der Waals surface area contributed by atoms with E-state index in [4.69, 9.17) is 16.3 Å². The first kappa shape index (κ1) is 14.8. The van der Waals surface area contributed by atoms with Gasteiger partial charge in [-0.25, -0.2) is 0 Å². The van der Waals surface area contributed by atoms with Crippen LogP contribution < -0.4 is 10.1 Å². The molecule has 0 saturated carbocycles. The lowest BCUT2D eigenvalue weighted by atomic mass is 10.1. The van der Waals surface area contributed by atoms with Crippen LogP contribution >= 0.6 is 27.5 Å². The Bertz CT molecular complexity index is 357. The van der Waals surface area contributed by atoms with Gasteiger partial charge in [-0.1, -0.05) is 19.9 Å². The molecule has 0 aliphatic heterocycles. The van der Waals surface area contributed by atoms with E-state index in [2.05, 4.69) is 47.2 Å². The summed E-state index contributed by atoms with van der Waals surface area (Å²) in [5.74, 6) is 1.35. The molecule has 0 aromatic heterocycles. The van der Waals surface area contributed by atoms with Gasteiger partial charge in [0, 0.05) is 18.5 Å². The van der Waals surface area contributed by atoms with E-state index in [9.17, 15) is 0 Å². The minimum Gasteiger partial charge on any atom is -0.496 e. The molecule has 96 valence electrons. The second kappa shape index (κ2) is 7.24. The Hall–Kier alpha value is -0.250. The van der Waals surface area contributed by atoms with Crippen LogP contribution in [0.15, 0.2) is 22.7 Å². The van der Waals surface area contributed by atoms with Crippen molar-refractivity contribution in [1.29, 1.82) is 0 Å². The molecule has 0 aliphatic carbocycles. The fourth-order valence-corrected chi connectivity index (χ4v) is 2.11. The average Bonchev–Trinajstić information content (AvgIpc) is 2.29. The molecule has 1 aromatic rings. The third-order valence-electron chi connectivity index (χ3n) is 2.61. The number of methoxy groups -OCH3 is 1. The second-order valence-electron chi connectivity index (χ2n) is 4.36. The lowest BCUT2D eigenvalue weighted by Crippen LogP contribution is -2.26. The van der Waals surface area contributed by atoms with Crippen LogP contribution in [-0.2, 0) is 6.54 Å². The maximum absolute atomic E-state index is 6.17. The minimum atomic E-state index is 0.177. The zero-order valence-electron chi connectivity index (χ0n) is 10.5. The van der Waals surface area contributed by atoms with Gasteiger partial charge in [-0.2, -0.15) is 0 Å². The SMILES string of the molecule is COc1ccc(CNCC(Cl)C(C)C)cc1Br. The Labute approximate surface area is 117 Å². The fraction of sp³-hybridized carbons (Fsp3) is 0.538. The summed E-state index contributed by atoms with van der Waals surface area (Å²) in [6.45, 7) is 5.90. The number of nitrogens with one attached hydrogen (secondary N) is 1. The van der Waals surface area contributed by atoms with E-state index in [1.165, 1.54) is 5.56 Å². The molecule has 0 saturated heterocycles. The highest BCUT2D eigenvalue weighted by Gasteiger charge is 2.08. The molecule has 0 spiro atoms.